The van der Waals surface area contributed by atoms with Gasteiger partial charge in [-0.25, -0.2) is 4.39 Å². The second kappa shape index (κ2) is 3.76. The predicted molar refractivity (Wildman–Crippen MR) is 52.9 cm³/mol. The molecule has 74 valence electrons. The highest BCUT2D eigenvalue weighted by molar-refractivity contribution is 7.14. The monoisotopic (exact) mass is 212 g/mol. The first-order chi connectivity index (χ1) is 6.45. The number of hydrogen-bond donors (Lipinski definition) is 1. The van der Waals surface area contributed by atoms with Gasteiger partial charge in [0, 0.05) is 0 Å². The first kappa shape index (κ1) is 10.7. The summed E-state index contributed by atoms with van der Waals surface area (Å²) in [6.45, 7) is 2.34. The molecule has 1 rings (SSSR count). The second-order valence-corrected chi connectivity index (χ2v) is 4.12. The smallest absolute Gasteiger partial charge is 0.262 e. The van der Waals surface area contributed by atoms with E-state index in [-0.39, 0.29) is 0 Å². The van der Waals surface area contributed by atoms with Gasteiger partial charge in [0.05, 0.1) is 5.56 Å². The molecular formula is C9H9FN2OS. The maximum Gasteiger partial charge on any atom is 0.262 e. The van der Waals surface area contributed by atoms with Gasteiger partial charge in [-0.1, -0.05) is 0 Å². The first-order valence-corrected chi connectivity index (χ1v) is 4.81. The van der Waals surface area contributed by atoms with E-state index in [9.17, 15) is 9.18 Å². The normalized spacial score (nSPS) is 10.7. The summed E-state index contributed by atoms with van der Waals surface area (Å²) in [5, 5.41) is 13.1. The van der Waals surface area contributed by atoms with Crippen LogP contribution in [0.3, 0.4) is 0 Å². The summed E-state index contributed by atoms with van der Waals surface area (Å²) >= 11 is 1.20. The van der Waals surface area contributed by atoms with Crippen molar-refractivity contribution in [3.63, 3.8) is 0 Å². The molecule has 0 saturated heterocycles. The Bertz CT molecular complexity index is 386. The summed E-state index contributed by atoms with van der Waals surface area (Å²) in [7, 11) is 0. The van der Waals surface area contributed by atoms with Gasteiger partial charge >= 0.3 is 0 Å². The van der Waals surface area contributed by atoms with Gasteiger partial charge < -0.3 is 5.32 Å². The standard InChI is InChI=1S/C9H9FN2OS/c1-9(2,10)8(13)12-7-6(5-11)3-4-14-7/h3-4H,1-2H3,(H,12,13). The molecule has 0 radical (unpaired) electrons. The number of carbonyl (C=O) groups excluding carboxylic acids is 1. The first-order valence-electron chi connectivity index (χ1n) is 3.93. The van der Waals surface area contributed by atoms with Crippen molar-refractivity contribution in [2.24, 2.45) is 0 Å². The van der Waals surface area contributed by atoms with E-state index in [0.717, 1.165) is 0 Å². The minimum absolute atomic E-state index is 0.354. The molecule has 0 saturated carbocycles. The highest BCUT2D eigenvalue weighted by Gasteiger charge is 2.27. The van der Waals surface area contributed by atoms with Gasteiger partial charge in [-0.05, 0) is 25.3 Å². The van der Waals surface area contributed by atoms with Crippen LogP contribution in [-0.4, -0.2) is 11.6 Å². The Kier molecular flexibility index (Phi) is 2.87. The Morgan fingerprint density at radius 2 is 2.36 bits per heavy atom. The Balaban J connectivity index is 2.81. The second-order valence-electron chi connectivity index (χ2n) is 3.20. The summed E-state index contributed by atoms with van der Waals surface area (Å²) in [5.41, 5.74) is -1.58. The number of hydrogen-bond acceptors (Lipinski definition) is 3. The summed E-state index contributed by atoms with van der Waals surface area (Å²) in [6.07, 6.45) is 0. The van der Waals surface area contributed by atoms with Gasteiger partial charge in [-0.15, -0.1) is 11.3 Å². The summed E-state index contributed by atoms with van der Waals surface area (Å²) < 4.78 is 13.1. The molecular weight excluding hydrogens is 203 g/mol. The quantitative estimate of drug-likeness (QED) is 0.817. The molecule has 3 nitrogen and oxygen atoms in total. The van der Waals surface area contributed by atoms with Crippen LogP contribution in [0.5, 0.6) is 0 Å². The minimum atomic E-state index is -1.93. The van der Waals surface area contributed by atoms with Crippen LogP contribution in [0.25, 0.3) is 0 Å². The molecule has 0 bridgehead atoms. The number of nitrogens with zero attached hydrogens (tertiary/aromatic N) is 1. The zero-order chi connectivity index (χ0) is 10.8. The predicted octanol–water partition coefficient (Wildman–Crippen LogP) is 2.31. The summed E-state index contributed by atoms with van der Waals surface area (Å²) in [5.74, 6) is -0.739. The lowest BCUT2D eigenvalue weighted by atomic mass is 10.1. The van der Waals surface area contributed by atoms with E-state index in [0.29, 0.717) is 10.6 Å². The van der Waals surface area contributed by atoms with E-state index in [1.165, 1.54) is 25.2 Å². The van der Waals surface area contributed by atoms with Crippen LogP contribution in [0, 0.1) is 11.3 Å². The molecule has 1 aromatic rings. The molecule has 0 unspecified atom stereocenters. The molecule has 0 atom stereocenters. The van der Waals surface area contributed by atoms with Crippen molar-refractivity contribution in [3.8, 4) is 6.07 Å². The van der Waals surface area contributed by atoms with Crippen molar-refractivity contribution in [1.29, 1.82) is 5.26 Å². The molecule has 0 aromatic carbocycles. The number of amides is 1. The van der Waals surface area contributed by atoms with Crippen LogP contribution in [0.4, 0.5) is 9.39 Å². The van der Waals surface area contributed by atoms with Gasteiger partial charge in [-0.3, -0.25) is 4.79 Å². The van der Waals surface area contributed by atoms with Crippen LogP contribution >= 0.6 is 11.3 Å². The number of alkyl halides is 1. The lowest BCUT2D eigenvalue weighted by Crippen LogP contribution is -2.32. The topological polar surface area (TPSA) is 52.9 Å². The molecule has 1 amide bonds. The van der Waals surface area contributed by atoms with Crippen molar-refractivity contribution < 1.29 is 9.18 Å². The van der Waals surface area contributed by atoms with E-state index < -0.39 is 11.6 Å². The number of rotatable bonds is 2. The van der Waals surface area contributed by atoms with E-state index in [4.69, 9.17) is 5.26 Å². The third-order valence-corrected chi connectivity index (χ3v) is 2.38. The lowest BCUT2D eigenvalue weighted by molar-refractivity contribution is -0.125. The van der Waals surface area contributed by atoms with Gasteiger partial charge in [0.15, 0.2) is 5.67 Å². The van der Waals surface area contributed by atoms with E-state index >= 15 is 0 Å². The largest absolute Gasteiger partial charge is 0.314 e. The maximum atomic E-state index is 13.1. The van der Waals surface area contributed by atoms with Gasteiger partial charge in [0.1, 0.15) is 11.1 Å². The highest BCUT2D eigenvalue weighted by Crippen LogP contribution is 2.23. The van der Waals surface area contributed by atoms with Crippen molar-refractivity contribution in [2.75, 3.05) is 5.32 Å². The van der Waals surface area contributed by atoms with E-state index in [1.807, 2.05) is 6.07 Å². The van der Waals surface area contributed by atoms with Crippen LogP contribution < -0.4 is 5.32 Å². The molecule has 0 spiro atoms. The Hall–Kier alpha value is -1.41. The minimum Gasteiger partial charge on any atom is -0.314 e. The Morgan fingerprint density at radius 3 is 2.86 bits per heavy atom. The zero-order valence-corrected chi connectivity index (χ0v) is 8.61. The molecule has 14 heavy (non-hydrogen) atoms. The Labute approximate surface area is 85.2 Å². The SMILES string of the molecule is CC(C)(F)C(=O)Nc1sccc1C#N. The number of halogens is 1. The van der Waals surface area contributed by atoms with E-state index in [1.54, 1.807) is 11.4 Å². The third kappa shape index (κ3) is 2.30. The number of nitriles is 1. The molecule has 1 aromatic heterocycles. The fourth-order valence-electron chi connectivity index (χ4n) is 0.746. The Morgan fingerprint density at radius 1 is 1.71 bits per heavy atom. The number of thiophene rings is 1. The molecule has 1 heterocycles. The fourth-order valence-corrected chi connectivity index (χ4v) is 1.48. The molecule has 0 aliphatic heterocycles. The van der Waals surface area contributed by atoms with Crippen LogP contribution in [0.15, 0.2) is 11.4 Å². The number of nitrogens with one attached hydrogen (secondary N) is 1. The zero-order valence-electron chi connectivity index (χ0n) is 7.80. The molecule has 1 N–H and O–H groups in total. The van der Waals surface area contributed by atoms with Gasteiger partial charge in [-0.2, -0.15) is 5.26 Å². The highest BCUT2D eigenvalue weighted by atomic mass is 32.1. The summed E-state index contributed by atoms with van der Waals surface area (Å²) in [4.78, 5) is 11.2. The number of carbonyl (C=O) groups is 1. The molecule has 0 fully saturated rings. The van der Waals surface area contributed by atoms with E-state index in [2.05, 4.69) is 5.32 Å². The molecule has 0 aliphatic rings. The molecule has 5 heteroatoms. The molecule has 0 aliphatic carbocycles. The number of anilines is 1. The van der Waals surface area contributed by atoms with Crippen molar-refractivity contribution >= 4 is 22.2 Å². The van der Waals surface area contributed by atoms with Crippen LogP contribution in [0.2, 0.25) is 0 Å². The fraction of sp³-hybridized carbons (Fsp3) is 0.333. The van der Waals surface area contributed by atoms with Crippen molar-refractivity contribution in [1.82, 2.24) is 0 Å². The average Bonchev–Trinajstić information content (AvgIpc) is 2.50. The third-order valence-electron chi connectivity index (χ3n) is 1.55. The van der Waals surface area contributed by atoms with Crippen molar-refractivity contribution in [2.45, 2.75) is 19.5 Å². The van der Waals surface area contributed by atoms with Gasteiger partial charge in [0.25, 0.3) is 5.91 Å². The van der Waals surface area contributed by atoms with Crippen LogP contribution in [0.1, 0.15) is 19.4 Å². The summed E-state index contributed by atoms with van der Waals surface area (Å²) in [6, 6.07) is 3.48. The van der Waals surface area contributed by atoms with Crippen molar-refractivity contribution in [3.05, 3.63) is 17.0 Å². The lowest BCUT2D eigenvalue weighted by Gasteiger charge is -2.12. The maximum absolute atomic E-state index is 13.1. The van der Waals surface area contributed by atoms with Crippen LogP contribution in [-0.2, 0) is 4.79 Å². The van der Waals surface area contributed by atoms with Gasteiger partial charge in [0.2, 0.25) is 0 Å². The average molecular weight is 212 g/mol.